The normalized spacial score (nSPS) is 16.7. The third kappa shape index (κ3) is 5.79. The van der Waals surface area contributed by atoms with E-state index in [1.165, 1.54) is 28.8 Å². The van der Waals surface area contributed by atoms with Gasteiger partial charge in [0.25, 0.3) is 5.91 Å². The van der Waals surface area contributed by atoms with Gasteiger partial charge in [-0.05, 0) is 55.2 Å². The molecule has 0 aliphatic carbocycles. The molecule has 1 aliphatic heterocycles. The number of nitrogens with one attached hydrogen (secondary N) is 1. The van der Waals surface area contributed by atoms with Crippen LogP contribution in [0.15, 0.2) is 89.5 Å². The quantitative estimate of drug-likeness (QED) is 0.381. The zero-order valence-electron chi connectivity index (χ0n) is 19.2. The van der Waals surface area contributed by atoms with Crippen molar-refractivity contribution in [2.75, 3.05) is 11.4 Å². The smallest absolute Gasteiger partial charge is 0.264 e. The summed E-state index contributed by atoms with van der Waals surface area (Å²) in [6.07, 6.45) is 0.978. The highest BCUT2D eigenvalue weighted by atomic mass is 32.2. The fraction of sp³-hybridized carbons (Fsp3) is 0.179. The molecule has 3 aromatic rings. The second-order valence-corrected chi connectivity index (χ2v) is 9.42. The number of amides is 2. The van der Waals surface area contributed by atoms with Crippen molar-refractivity contribution in [3.63, 3.8) is 0 Å². The molecule has 1 saturated heterocycles. The molecule has 3 aromatic carbocycles. The van der Waals surface area contributed by atoms with Crippen molar-refractivity contribution in [1.29, 1.82) is 5.26 Å². The Hall–Kier alpha value is -3.89. The summed E-state index contributed by atoms with van der Waals surface area (Å²) in [6, 6.07) is 25.1. The lowest BCUT2D eigenvalue weighted by molar-refractivity contribution is -0.117. The van der Waals surface area contributed by atoms with E-state index >= 15 is 0 Å². The first-order valence-corrected chi connectivity index (χ1v) is 12.1. The minimum absolute atomic E-state index is 0.0985. The maximum Gasteiger partial charge on any atom is 0.264 e. The van der Waals surface area contributed by atoms with Gasteiger partial charge in [0.1, 0.15) is 22.5 Å². The molecule has 1 heterocycles. The first kappa shape index (κ1) is 24.2. The van der Waals surface area contributed by atoms with Crippen LogP contribution in [0.1, 0.15) is 16.7 Å². The highest BCUT2D eigenvalue weighted by Gasteiger charge is 2.40. The zero-order chi connectivity index (χ0) is 24.8. The average Bonchev–Trinajstić information content (AvgIpc) is 3.17. The molecule has 35 heavy (non-hydrogen) atoms. The molecule has 1 aliphatic rings. The van der Waals surface area contributed by atoms with Gasteiger partial charge < -0.3 is 5.32 Å². The van der Waals surface area contributed by atoms with Gasteiger partial charge in [0.05, 0.1) is 5.25 Å². The number of hydrogen-bond donors (Lipinski definition) is 1. The molecular formula is C28H24FN3O2S. The van der Waals surface area contributed by atoms with E-state index in [0.717, 1.165) is 16.7 Å². The number of anilines is 1. The number of thioether (sulfide) groups is 1. The van der Waals surface area contributed by atoms with E-state index in [0.29, 0.717) is 30.1 Å². The van der Waals surface area contributed by atoms with Crippen LogP contribution >= 0.6 is 11.8 Å². The highest BCUT2D eigenvalue weighted by Crippen LogP contribution is 2.42. The number of benzene rings is 3. The van der Waals surface area contributed by atoms with Crippen molar-refractivity contribution < 1.29 is 14.0 Å². The number of aryl methyl sites for hydroxylation is 1. The second-order valence-electron chi connectivity index (χ2n) is 8.23. The van der Waals surface area contributed by atoms with Crippen LogP contribution in [0.2, 0.25) is 0 Å². The van der Waals surface area contributed by atoms with Crippen LogP contribution < -0.4 is 10.2 Å². The first-order chi connectivity index (χ1) is 17.0. The average molecular weight is 486 g/mol. The molecule has 0 aromatic heterocycles. The molecule has 1 N–H and O–H groups in total. The molecule has 0 radical (unpaired) electrons. The lowest BCUT2D eigenvalue weighted by Gasteiger charge is -2.19. The number of rotatable bonds is 7. The van der Waals surface area contributed by atoms with Gasteiger partial charge >= 0.3 is 0 Å². The molecule has 7 heteroatoms. The molecule has 0 saturated carbocycles. The third-order valence-corrected chi connectivity index (χ3v) is 6.94. The predicted octanol–water partition coefficient (Wildman–Crippen LogP) is 4.92. The van der Waals surface area contributed by atoms with Crippen LogP contribution in [0.3, 0.4) is 0 Å². The number of halogens is 1. The van der Waals surface area contributed by atoms with Gasteiger partial charge in [-0.3, -0.25) is 14.5 Å². The lowest BCUT2D eigenvalue weighted by Crippen LogP contribution is -2.32. The van der Waals surface area contributed by atoms with Crippen LogP contribution in [-0.4, -0.2) is 23.6 Å². The predicted molar refractivity (Wildman–Crippen MR) is 136 cm³/mol. The lowest BCUT2D eigenvalue weighted by atomic mass is 10.1. The summed E-state index contributed by atoms with van der Waals surface area (Å²) in [5.41, 5.74) is 3.40. The molecule has 0 bridgehead atoms. The summed E-state index contributed by atoms with van der Waals surface area (Å²) < 4.78 is 13.3. The van der Waals surface area contributed by atoms with E-state index in [4.69, 9.17) is 0 Å². The first-order valence-electron chi connectivity index (χ1n) is 11.2. The van der Waals surface area contributed by atoms with Gasteiger partial charge in [0, 0.05) is 12.2 Å². The molecule has 1 atom stereocenters. The minimum atomic E-state index is -0.544. The Bertz CT molecular complexity index is 1280. The van der Waals surface area contributed by atoms with Crippen molar-refractivity contribution in [2.45, 2.75) is 25.0 Å². The van der Waals surface area contributed by atoms with Crippen molar-refractivity contribution in [3.8, 4) is 6.07 Å². The monoisotopic (exact) mass is 485 g/mol. The number of hydrogen-bond acceptors (Lipinski definition) is 4. The van der Waals surface area contributed by atoms with Crippen LogP contribution in [0, 0.1) is 24.1 Å². The Labute approximate surface area is 208 Å². The van der Waals surface area contributed by atoms with Crippen molar-refractivity contribution in [3.05, 3.63) is 112 Å². The zero-order valence-corrected chi connectivity index (χ0v) is 20.0. The van der Waals surface area contributed by atoms with Crippen LogP contribution in [0.5, 0.6) is 0 Å². The van der Waals surface area contributed by atoms with Gasteiger partial charge in [-0.1, -0.05) is 71.9 Å². The topological polar surface area (TPSA) is 73.2 Å². The molecule has 1 unspecified atom stereocenters. The Morgan fingerprint density at radius 1 is 1.03 bits per heavy atom. The highest BCUT2D eigenvalue weighted by molar-refractivity contribution is 8.05. The fourth-order valence-electron chi connectivity index (χ4n) is 3.80. The Morgan fingerprint density at radius 2 is 1.71 bits per heavy atom. The maximum atomic E-state index is 13.5. The molecule has 0 spiro atoms. The second kappa shape index (κ2) is 11.0. The van der Waals surface area contributed by atoms with E-state index in [2.05, 4.69) is 5.32 Å². The summed E-state index contributed by atoms with van der Waals surface area (Å²) in [6.45, 7) is 2.31. The van der Waals surface area contributed by atoms with Gasteiger partial charge in [-0.25, -0.2) is 4.39 Å². The van der Waals surface area contributed by atoms with Gasteiger partial charge in [-0.15, -0.1) is 0 Å². The molecule has 176 valence electrons. The number of nitriles is 1. The number of carbonyl (C=O) groups is 2. The number of nitrogens with zero attached hydrogens (tertiary/aromatic N) is 2. The molecule has 4 rings (SSSR count). The van der Waals surface area contributed by atoms with Crippen LogP contribution in [0.25, 0.3) is 0 Å². The summed E-state index contributed by atoms with van der Waals surface area (Å²) in [5, 5.41) is 12.5. The largest absolute Gasteiger partial charge is 0.351 e. The van der Waals surface area contributed by atoms with Gasteiger partial charge in [0.15, 0.2) is 0 Å². The standard InChI is InChI=1S/C28H24FN3O2S/c1-19-7-13-23(14-8-19)32-27(34)25(17-21-9-11-22(29)12-10-21)35-28(32)24(18-30)26(33)31-16-15-20-5-3-2-4-6-20/h2-14,25H,15-17H2,1H3,(H,31,33)/b28-24-. The molecule has 2 amide bonds. The van der Waals surface area contributed by atoms with Crippen molar-refractivity contribution in [2.24, 2.45) is 0 Å². The SMILES string of the molecule is Cc1ccc(N2C(=O)C(Cc3ccc(F)cc3)S/C2=C(/C#N)C(=O)NCCc2ccccc2)cc1. The van der Waals surface area contributed by atoms with Crippen molar-refractivity contribution in [1.82, 2.24) is 5.32 Å². The fourth-order valence-corrected chi connectivity index (χ4v) is 5.11. The van der Waals surface area contributed by atoms with E-state index < -0.39 is 11.2 Å². The molecule has 5 nitrogen and oxygen atoms in total. The summed E-state index contributed by atoms with van der Waals surface area (Å²) in [4.78, 5) is 27.9. The minimum Gasteiger partial charge on any atom is -0.351 e. The third-order valence-electron chi connectivity index (χ3n) is 5.67. The summed E-state index contributed by atoms with van der Waals surface area (Å²) in [7, 11) is 0. The summed E-state index contributed by atoms with van der Waals surface area (Å²) in [5.74, 6) is -1.08. The molecular weight excluding hydrogens is 461 g/mol. The van der Waals surface area contributed by atoms with E-state index in [1.54, 1.807) is 24.3 Å². The Kier molecular flexibility index (Phi) is 7.64. The Balaban J connectivity index is 1.61. The van der Waals surface area contributed by atoms with Gasteiger partial charge in [0.2, 0.25) is 5.91 Å². The number of carbonyl (C=O) groups excluding carboxylic acids is 2. The molecule has 1 fully saturated rings. The van der Waals surface area contributed by atoms with Crippen molar-refractivity contribution >= 4 is 29.3 Å². The summed E-state index contributed by atoms with van der Waals surface area (Å²) >= 11 is 1.19. The van der Waals surface area contributed by atoms with Gasteiger partial charge in [-0.2, -0.15) is 5.26 Å². The van der Waals surface area contributed by atoms with E-state index in [9.17, 15) is 19.2 Å². The maximum absolute atomic E-state index is 13.5. The van der Waals surface area contributed by atoms with E-state index in [1.807, 2.05) is 55.5 Å². The van der Waals surface area contributed by atoms with E-state index in [-0.39, 0.29) is 17.3 Å². The van der Waals surface area contributed by atoms with Crippen LogP contribution in [-0.2, 0) is 22.4 Å². The Morgan fingerprint density at radius 3 is 2.37 bits per heavy atom. The van der Waals surface area contributed by atoms with Crippen LogP contribution in [0.4, 0.5) is 10.1 Å².